The molecule has 0 aromatic carbocycles. The summed E-state index contributed by atoms with van der Waals surface area (Å²) in [6.45, 7) is 0. The number of hydrogen-bond acceptors (Lipinski definition) is 3. The Labute approximate surface area is 67.0 Å². The summed E-state index contributed by atoms with van der Waals surface area (Å²) in [6, 6.07) is 0. The first-order valence-electron chi connectivity index (χ1n) is 2.57. The van der Waals surface area contributed by atoms with E-state index in [2.05, 4.69) is 10.3 Å². The van der Waals surface area contributed by atoms with Crippen molar-refractivity contribution in [1.29, 1.82) is 0 Å². The molecule has 1 N–H and O–H groups in total. The molecule has 0 atom stereocenters. The van der Waals surface area contributed by atoms with E-state index in [4.69, 9.17) is 11.6 Å². The van der Waals surface area contributed by atoms with E-state index in [1.807, 2.05) is 0 Å². The summed E-state index contributed by atoms with van der Waals surface area (Å²) in [6.07, 6.45) is 1.46. The summed E-state index contributed by atoms with van der Waals surface area (Å²) in [5.74, 6) is -0.197. The lowest BCUT2D eigenvalue weighted by Crippen LogP contribution is -2.17. The second-order valence-corrected chi connectivity index (χ2v) is 3.21. The first kappa shape index (κ1) is 7.50. The van der Waals surface area contributed by atoms with Crippen molar-refractivity contribution in [3.63, 3.8) is 0 Å². The number of carbonyl (C=O) groups is 1. The topological polar surface area (TPSA) is 42.0 Å². The maximum atomic E-state index is 10.8. The smallest absolute Gasteiger partial charge is 0.280 e. The molecule has 0 bridgehead atoms. The molecule has 1 aromatic heterocycles. The van der Waals surface area contributed by atoms with Crippen molar-refractivity contribution in [3.05, 3.63) is 15.5 Å². The molecule has 0 saturated heterocycles. The Morgan fingerprint density at radius 2 is 2.60 bits per heavy atom. The number of thiazole rings is 1. The average Bonchev–Trinajstić information content (AvgIpc) is 2.34. The zero-order valence-corrected chi connectivity index (χ0v) is 6.79. The number of nitrogens with one attached hydrogen (secondary N) is 1. The zero-order chi connectivity index (χ0) is 7.56. The molecule has 0 saturated carbocycles. The van der Waals surface area contributed by atoms with Crippen LogP contribution in [0.5, 0.6) is 0 Å². The molecule has 0 aliphatic carbocycles. The second kappa shape index (κ2) is 2.98. The molecular weight excluding hydrogens is 172 g/mol. The third-order valence-corrected chi connectivity index (χ3v) is 2.01. The van der Waals surface area contributed by atoms with Gasteiger partial charge in [-0.3, -0.25) is 4.79 Å². The van der Waals surface area contributed by atoms with Gasteiger partial charge >= 0.3 is 0 Å². The van der Waals surface area contributed by atoms with Gasteiger partial charge in [0, 0.05) is 7.05 Å². The maximum absolute atomic E-state index is 10.8. The van der Waals surface area contributed by atoms with Gasteiger partial charge in [0.05, 0.1) is 6.20 Å². The molecule has 0 radical (unpaired) electrons. The molecule has 10 heavy (non-hydrogen) atoms. The number of nitrogens with zero attached hydrogens (tertiary/aromatic N) is 1. The minimum absolute atomic E-state index is 0.197. The van der Waals surface area contributed by atoms with E-state index < -0.39 is 0 Å². The Bertz CT molecular complexity index is 248. The van der Waals surface area contributed by atoms with Gasteiger partial charge in [0.1, 0.15) is 4.34 Å². The standard InChI is InChI=1S/C5H5ClN2OS/c1-7-4(9)5-8-2-3(6)10-5/h2H,1H3,(H,7,9). The van der Waals surface area contributed by atoms with Crippen LogP contribution in [0, 0.1) is 0 Å². The first-order chi connectivity index (χ1) is 4.74. The third-order valence-electron chi connectivity index (χ3n) is 0.899. The SMILES string of the molecule is CNC(=O)c1ncc(Cl)s1. The molecule has 1 heterocycles. The lowest BCUT2D eigenvalue weighted by molar-refractivity contribution is 0.0963. The molecule has 5 heteroatoms. The Kier molecular flexibility index (Phi) is 2.24. The summed E-state index contributed by atoms with van der Waals surface area (Å²) < 4.78 is 0.526. The Hall–Kier alpha value is -0.610. The van der Waals surface area contributed by atoms with Crippen LogP contribution in [0.2, 0.25) is 4.34 Å². The number of amides is 1. The van der Waals surface area contributed by atoms with Crippen LogP contribution in [-0.2, 0) is 0 Å². The van der Waals surface area contributed by atoms with Gasteiger partial charge < -0.3 is 5.32 Å². The summed E-state index contributed by atoms with van der Waals surface area (Å²) in [5.41, 5.74) is 0. The van der Waals surface area contributed by atoms with Crippen molar-refractivity contribution >= 4 is 28.8 Å². The van der Waals surface area contributed by atoms with Gasteiger partial charge in [-0.1, -0.05) is 22.9 Å². The van der Waals surface area contributed by atoms with Gasteiger partial charge in [-0.2, -0.15) is 0 Å². The number of rotatable bonds is 1. The van der Waals surface area contributed by atoms with Crippen LogP contribution in [0.15, 0.2) is 6.20 Å². The van der Waals surface area contributed by atoms with Crippen LogP contribution >= 0.6 is 22.9 Å². The van der Waals surface area contributed by atoms with Crippen molar-refractivity contribution in [2.75, 3.05) is 7.05 Å². The highest BCUT2D eigenvalue weighted by atomic mass is 35.5. The second-order valence-electron chi connectivity index (χ2n) is 1.55. The molecular formula is C5H5ClN2OS. The van der Waals surface area contributed by atoms with E-state index in [9.17, 15) is 4.79 Å². The molecule has 1 amide bonds. The largest absolute Gasteiger partial charge is 0.353 e. The minimum Gasteiger partial charge on any atom is -0.353 e. The van der Waals surface area contributed by atoms with Crippen LogP contribution in [0.25, 0.3) is 0 Å². The van der Waals surface area contributed by atoms with E-state index in [0.717, 1.165) is 11.3 Å². The van der Waals surface area contributed by atoms with Gasteiger partial charge in [0.2, 0.25) is 0 Å². The molecule has 1 rings (SSSR count). The first-order valence-corrected chi connectivity index (χ1v) is 3.77. The van der Waals surface area contributed by atoms with Gasteiger partial charge in [-0.15, -0.1) is 0 Å². The molecule has 0 aliphatic rings. The highest BCUT2D eigenvalue weighted by Crippen LogP contribution is 2.17. The van der Waals surface area contributed by atoms with Crippen molar-refractivity contribution in [3.8, 4) is 0 Å². The molecule has 54 valence electrons. The summed E-state index contributed by atoms with van der Waals surface area (Å²) in [5, 5.41) is 2.84. The normalized spacial score (nSPS) is 9.40. The minimum atomic E-state index is -0.197. The molecule has 1 aromatic rings. The Morgan fingerprint density at radius 1 is 1.90 bits per heavy atom. The van der Waals surface area contributed by atoms with Crippen LogP contribution in [0.4, 0.5) is 0 Å². The van der Waals surface area contributed by atoms with E-state index >= 15 is 0 Å². The number of carbonyl (C=O) groups excluding carboxylic acids is 1. The van der Waals surface area contributed by atoms with Crippen molar-refractivity contribution < 1.29 is 4.79 Å². The fourth-order valence-corrected chi connectivity index (χ4v) is 1.32. The van der Waals surface area contributed by atoms with Crippen LogP contribution in [-0.4, -0.2) is 17.9 Å². The number of aromatic nitrogens is 1. The third kappa shape index (κ3) is 1.46. The fraction of sp³-hybridized carbons (Fsp3) is 0.200. The maximum Gasteiger partial charge on any atom is 0.280 e. The predicted molar refractivity (Wildman–Crippen MR) is 40.5 cm³/mol. The lowest BCUT2D eigenvalue weighted by atomic mass is 10.6. The van der Waals surface area contributed by atoms with Crippen LogP contribution in [0.3, 0.4) is 0 Å². The molecule has 3 nitrogen and oxygen atoms in total. The van der Waals surface area contributed by atoms with Gasteiger partial charge in [-0.05, 0) is 0 Å². The summed E-state index contributed by atoms with van der Waals surface area (Å²) in [7, 11) is 1.55. The van der Waals surface area contributed by atoms with Crippen LogP contribution in [0.1, 0.15) is 9.80 Å². The highest BCUT2D eigenvalue weighted by molar-refractivity contribution is 7.17. The molecule has 0 aliphatic heterocycles. The molecule has 0 fully saturated rings. The highest BCUT2D eigenvalue weighted by Gasteiger charge is 2.06. The lowest BCUT2D eigenvalue weighted by Gasteiger charge is -1.89. The van der Waals surface area contributed by atoms with Crippen molar-refractivity contribution in [1.82, 2.24) is 10.3 Å². The van der Waals surface area contributed by atoms with Gasteiger partial charge in [0.15, 0.2) is 5.01 Å². The Morgan fingerprint density at radius 3 is 3.00 bits per heavy atom. The van der Waals surface area contributed by atoms with E-state index in [1.54, 1.807) is 7.05 Å². The number of halogens is 1. The van der Waals surface area contributed by atoms with E-state index in [-0.39, 0.29) is 5.91 Å². The average molecular weight is 177 g/mol. The van der Waals surface area contributed by atoms with Crippen LogP contribution < -0.4 is 5.32 Å². The zero-order valence-electron chi connectivity index (χ0n) is 5.22. The monoisotopic (exact) mass is 176 g/mol. The van der Waals surface area contributed by atoms with E-state index in [1.165, 1.54) is 6.20 Å². The fourth-order valence-electron chi connectivity index (χ4n) is 0.466. The van der Waals surface area contributed by atoms with Gasteiger partial charge in [-0.25, -0.2) is 4.98 Å². The quantitative estimate of drug-likeness (QED) is 0.698. The Balaban J connectivity index is 2.85. The molecule has 0 unspecified atom stereocenters. The van der Waals surface area contributed by atoms with E-state index in [0.29, 0.717) is 9.34 Å². The van der Waals surface area contributed by atoms with Crippen molar-refractivity contribution in [2.24, 2.45) is 0 Å². The summed E-state index contributed by atoms with van der Waals surface area (Å²) in [4.78, 5) is 14.6. The van der Waals surface area contributed by atoms with Crippen molar-refractivity contribution in [2.45, 2.75) is 0 Å². The van der Waals surface area contributed by atoms with Gasteiger partial charge in [0.25, 0.3) is 5.91 Å². The number of hydrogen-bond donors (Lipinski definition) is 1. The molecule has 0 spiro atoms. The predicted octanol–water partition coefficient (Wildman–Crippen LogP) is 1.16. The summed E-state index contributed by atoms with van der Waals surface area (Å²) >= 11 is 6.70.